The van der Waals surface area contributed by atoms with Gasteiger partial charge in [0.2, 0.25) is 5.88 Å². The Morgan fingerprint density at radius 3 is 2.56 bits per heavy atom. The normalized spacial score (nSPS) is 12.0. The average Bonchev–Trinajstić information content (AvgIpc) is 2.63. The maximum Gasteiger partial charge on any atom is 0.310 e. The number of aromatic nitrogens is 2. The Morgan fingerprint density at radius 2 is 2.17 bits per heavy atom. The first-order valence-corrected chi connectivity index (χ1v) is 5.55. The molecule has 5 nitrogen and oxygen atoms in total. The summed E-state index contributed by atoms with van der Waals surface area (Å²) in [6.45, 7) is 9.14. The van der Waals surface area contributed by atoms with Crippen molar-refractivity contribution in [2.45, 2.75) is 27.2 Å². The predicted molar refractivity (Wildman–Crippen MR) is 69.0 cm³/mol. The Hall–Kier alpha value is -2.04. The van der Waals surface area contributed by atoms with Crippen molar-refractivity contribution in [1.82, 2.24) is 9.78 Å². The lowest BCUT2D eigenvalue weighted by Crippen LogP contribution is -2.09. The summed E-state index contributed by atoms with van der Waals surface area (Å²) >= 11 is 0. The summed E-state index contributed by atoms with van der Waals surface area (Å²) < 4.78 is 5.99. The minimum absolute atomic E-state index is 0.0317. The van der Waals surface area contributed by atoms with E-state index in [9.17, 15) is 9.90 Å². The number of rotatable bonds is 4. The van der Waals surface area contributed by atoms with E-state index in [-0.39, 0.29) is 12.3 Å². The lowest BCUT2D eigenvalue weighted by molar-refractivity contribution is -0.139. The molecule has 0 unspecified atom stereocenters. The monoisotopic (exact) mass is 250 g/mol. The minimum Gasteiger partial charge on any atom is -0.493 e. The number of carbonyl (C=O) groups excluding carboxylic acids is 1. The lowest BCUT2D eigenvalue weighted by atomic mass is 10.1. The van der Waals surface area contributed by atoms with Crippen molar-refractivity contribution < 1.29 is 14.6 Å². The first kappa shape index (κ1) is 14.0. The number of ether oxygens (including phenoxy) is 1. The van der Waals surface area contributed by atoms with E-state index in [0.29, 0.717) is 11.1 Å². The van der Waals surface area contributed by atoms with E-state index in [1.165, 1.54) is 11.8 Å². The number of aliphatic hydroxyl groups is 1. The van der Waals surface area contributed by atoms with Gasteiger partial charge in [0.1, 0.15) is 0 Å². The molecule has 98 valence electrons. The standard InChI is InChI=1S/C13H18N2O3/c1-8(2)11(7-12(16)18-5)13(17)15-10(4)6-9(3)14-15/h6,17H,1,7H2,2-5H3/b13-11+. The lowest BCUT2D eigenvalue weighted by Gasteiger charge is -2.11. The molecule has 0 amide bonds. The van der Waals surface area contributed by atoms with Crippen LogP contribution in [0.5, 0.6) is 0 Å². The molecule has 0 fully saturated rings. The van der Waals surface area contributed by atoms with Crippen molar-refractivity contribution in [3.63, 3.8) is 0 Å². The third kappa shape index (κ3) is 3.00. The highest BCUT2D eigenvalue weighted by Crippen LogP contribution is 2.20. The molecule has 1 aromatic heterocycles. The summed E-state index contributed by atoms with van der Waals surface area (Å²) in [5, 5.41) is 14.4. The Balaban J connectivity index is 3.23. The van der Waals surface area contributed by atoms with E-state index in [2.05, 4.69) is 16.4 Å². The van der Waals surface area contributed by atoms with Gasteiger partial charge in [0.25, 0.3) is 0 Å². The number of esters is 1. The van der Waals surface area contributed by atoms with Crippen LogP contribution in [0.15, 0.2) is 23.8 Å². The number of aryl methyl sites for hydroxylation is 2. The largest absolute Gasteiger partial charge is 0.493 e. The fourth-order valence-corrected chi connectivity index (χ4v) is 1.61. The molecule has 0 radical (unpaired) electrons. The molecule has 1 heterocycles. The van der Waals surface area contributed by atoms with E-state index in [1.807, 2.05) is 19.9 Å². The molecule has 0 saturated carbocycles. The molecule has 1 N–H and O–H groups in total. The number of hydrogen-bond acceptors (Lipinski definition) is 4. The van der Waals surface area contributed by atoms with Crippen LogP contribution in [0.1, 0.15) is 24.7 Å². The molecule has 0 aromatic carbocycles. The Morgan fingerprint density at radius 1 is 1.56 bits per heavy atom. The van der Waals surface area contributed by atoms with E-state index < -0.39 is 5.97 Å². The van der Waals surface area contributed by atoms with Gasteiger partial charge in [-0.15, -0.1) is 0 Å². The fourth-order valence-electron chi connectivity index (χ4n) is 1.61. The molecule has 0 aliphatic heterocycles. The third-order valence-electron chi connectivity index (χ3n) is 2.54. The zero-order valence-electron chi connectivity index (χ0n) is 11.1. The van der Waals surface area contributed by atoms with Gasteiger partial charge in [-0.25, -0.2) is 4.68 Å². The van der Waals surface area contributed by atoms with Crippen molar-refractivity contribution in [3.05, 3.63) is 35.2 Å². The molecule has 0 spiro atoms. The predicted octanol–water partition coefficient (Wildman–Crippen LogP) is 2.37. The Kier molecular flexibility index (Phi) is 4.31. The second-order valence-corrected chi connectivity index (χ2v) is 4.17. The van der Waals surface area contributed by atoms with Crippen molar-refractivity contribution in [2.75, 3.05) is 7.11 Å². The van der Waals surface area contributed by atoms with Gasteiger partial charge in [-0.2, -0.15) is 5.10 Å². The summed E-state index contributed by atoms with van der Waals surface area (Å²) in [5.41, 5.74) is 2.60. The zero-order chi connectivity index (χ0) is 13.9. The SMILES string of the molecule is C=C(C)/C(CC(=O)OC)=C(/O)n1nc(C)cc1C. The van der Waals surface area contributed by atoms with Gasteiger partial charge in [0, 0.05) is 11.3 Å². The molecule has 0 aliphatic carbocycles. The van der Waals surface area contributed by atoms with E-state index in [0.717, 1.165) is 11.4 Å². The van der Waals surface area contributed by atoms with Crippen LogP contribution in [0.25, 0.3) is 5.88 Å². The quantitative estimate of drug-likeness (QED) is 0.506. The van der Waals surface area contributed by atoms with Gasteiger partial charge >= 0.3 is 5.97 Å². The molecule has 5 heteroatoms. The summed E-state index contributed by atoms with van der Waals surface area (Å²) in [6, 6.07) is 1.84. The van der Waals surface area contributed by atoms with E-state index in [4.69, 9.17) is 0 Å². The summed E-state index contributed by atoms with van der Waals surface area (Å²) in [7, 11) is 1.30. The van der Waals surface area contributed by atoms with Crippen LogP contribution < -0.4 is 0 Å². The molecule has 0 saturated heterocycles. The van der Waals surface area contributed by atoms with E-state index in [1.54, 1.807) is 6.92 Å². The highest BCUT2D eigenvalue weighted by atomic mass is 16.5. The highest BCUT2D eigenvalue weighted by molar-refractivity contribution is 5.76. The van der Waals surface area contributed by atoms with Crippen LogP contribution in [0.3, 0.4) is 0 Å². The number of carbonyl (C=O) groups is 1. The van der Waals surface area contributed by atoms with Gasteiger partial charge in [-0.3, -0.25) is 4.79 Å². The van der Waals surface area contributed by atoms with Gasteiger partial charge in [0.15, 0.2) is 0 Å². The second kappa shape index (κ2) is 5.53. The summed E-state index contributed by atoms with van der Waals surface area (Å²) in [6.07, 6.45) is -0.0317. The smallest absolute Gasteiger partial charge is 0.310 e. The highest BCUT2D eigenvalue weighted by Gasteiger charge is 2.16. The van der Waals surface area contributed by atoms with Crippen molar-refractivity contribution in [3.8, 4) is 0 Å². The van der Waals surface area contributed by atoms with Gasteiger partial charge in [-0.05, 0) is 32.4 Å². The molecule has 0 aliphatic rings. The number of aliphatic hydroxyl groups excluding tert-OH is 1. The topological polar surface area (TPSA) is 64.3 Å². The molecule has 1 aromatic rings. The van der Waals surface area contributed by atoms with Crippen LogP contribution in [0.4, 0.5) is 0 Å². The number of methoxy groups -OCH3 is 1. The first-order valence-electron chi connectivity index (χ1n) is 5.55. The van der Waals surface area contributed by atoms with E-state index >= 15 is 0 Å². The fraction of sp³-hybridized carbons (Fsp3) is 0.385. The maximum atomic E-state index is 11.3. The van der Waals surface area contributed by atoms with Gasteiger partial charge < -0.3 is 9.84 Å². The molecule has 1 rings (SSSR count). The van der Waals surface area contributed by atoms with Crippen molar-refractivity contribution in [1.29, 1.82) is 0 Å². The zero-order valence-corrected chi connectivity index (χ0v) is 11.1. The first-order chi connectivity index (χ1) is 8.36. The average molecular weight is 250 g/mol. The molecular weight excluding hydrogens is 232 g/mol. The van der Waals surface area contributed by atoms with Crippen LogP contribution in [-0.2, 0) is 9.53 Å². The summed E-state index contributed by atoms with van der Waals surface area (Å²) in [4.78, 5) is 11.3. The number of allylic oxidation sites excluding steroid dienone is 1. The number of nitrogens with zero attached hydrogens (tertiary/aromatic N) is 2. The van der Waals surface area contributed by atoms with Crippen LogP contribution in [0.2, 0.25) is 0 Å². The van der Waals surface area contributed by atoms with Crippen molar-refractivity contribution in [2.24, 2.45) is 0 Å². The van der Waals surface area contributed by atoms with Gasteiger partial charge in [-0.1, -0.05) is 6.58 Å². The van der Waals surface area contributed by atoms with Crippen molar-refractivity contribution >= 4 is 11.9 Å². The van der Waals surface area contributed by atoms with Crippen LogP contribution >= 0.6 is 0 Å². The minimum atomic E-state index is -0.430. The second-order valence-electron chi connectivity index (χ2n) is 4.17. The molecular formula is C13H18N2O3. The van der Waals surface area contributed by atoms with Crippen LogP contribution in [-0.4, -0.2) is 28.0 Å². The molecule has 0 atom stereocenters. The Bertz CT molecular complexity index is 512. The molecule has 0 bridgehead atoms. The Labute approximate surface area is 106 Å². The number of hydrogen-bond donors (Lipinski definition) is 1. The maximum absolute atomic E-state index is 11.3. The third-order valence-corrected chi connectivity index (χ3v) is 2.54. The summed E-state index contributed by atoms with van der Waals surface area (Å²) in [5.74, 6) is -0.514. The van der Waals surface area contributed by atoms with Crippen LogP contribution in [0, 0.1) is 13.8 Å². The van der Waals surface area contributed by atoms with Gasteiger partial charge in [0.05, 0.1) is 19.2 Å². The molecule has 18 heavy (non-hydrogen) atoms.